The molecule has 0 atom stereocenters. The van der Waals surface area contributed by atoms with Gasteiger partial charge in [0, 0.05) is 27.0 Å². The van der Waals surface area contributed by atoms with Gasteiger partial charge in [0.1, 0.15) is 11.5 Å². The number of rotatable bonds is 7. The Morgan fingerprint density at radius 1 is 0.585 bits per heavy atom. The van der Waals surface area contributed by atoms with Crippen molar-refractivity contribution in [1.29, 1.82) is 0 Å². The van der Waals surface area contributed by atoms with Gasteiger partial charge in [-0.15, -0.1) is 0 Å². The highest BCUT2D eigenvalue weighted by Crippen LogP contribution is 2.49. The molecule has 0 bridgehead atoms. The van der Waals surface area contributed by atoms with E-state index >= 15 is 4.57 Å². The first-order chi connectivity index (χ1) is 20.0. The van der Waals surface area contributed by atoms with Crippen LogP contribution in [0.1, 0.15) is 10.4 Å². The van der Waals surface area contributed by atoms with Crippen LogP contribution in [0.25, 0.3) is 32.7 Å². The summed E-state index contributed by atoms with van der Waals surface area (Å²) in [6.07, 6.45) is 0. The second-order valence-electron chi connectivity index (χ2n) is 9.70. The third-order valence-corrected chi connectivity index (χ3v) is 10.6. The molecular weight excluding hydrogens is 531 g/mol. The number of benzene rings is 6. The minimum absolute atomic E-state index is 0.150. The molecule has 0 fully saturated rings. The zero-order valence-corrected chi connectivity index (χ0v) is 23.5. The van der Waals surface area contributed by atoms with Crippen molar-refractivity contribution in [3.8, 4) is 22.6 Å². The van der Waals surface area contributed by atoms with Gasteiger partial charge < -0.3 is 19.1 Å². The van der Waals surface area contributed by atoms with Gasteiger partial charge in [-0.25, -0.2) is 4.79 Å². The molecule has 6 aromatic rings. The lowest BCUT2D eigenvalue weighted by Gasteiger charge is -2.25. The summed E-state index contributed by atoms with van der Waals surface area (Å²) in [5, 5.41) is 15.6. The molecule has 0 aliphatic heterocycles. The predicted octanol–water partition coefficient (Wildman–Crippen LogP) is 7.01. The monoisotopic (exact) mass is 558 g/mol. The summed E-state index contributed by atoms with van der Waals surface area (Å²) in [5.74, 6) is 0.250. The third-order valence-electron chi connectivity index (χ3n) is 7.53. The Labute approximate surface area is 238 Å². The molecule has 0 amide bonds. The maximum Gasteiger partial charge on any atom is 0.336 e. The number of fused-ring (bicyclic) bond motifs is 2. The van der Waals surface area contributed by atoms with E-state index in [1.807, 2.05) is 91.0 Å². The van der Waals surface area contributed by atoms with E-state index < -0.39 is 13.1 Å². The van der Waals surface area contributed by atoms with E-state index in [0.29, 0.717) is 38.5 Å². The van der Waals surface area contributed by atoms with Gasteiger partial charge in [0.05, 0.1) is 19.8 Å². The average molecular weight is 559 g/mol. The highest BCUT2D eigenvalue weighted by molar-refractivity contribution is 7.85. The Bertz CT molecular complexity index is 1910. The van der Waals surface area contributed by atoms with Gasteiger partial charge >= 0.3 is 5.97 Å². The molecule has 5 nitrogen and oxygen atoms in total. The zero-order chi connectivity index (χ0) is 28.6. The van der Waals surface area contributed by atoms with Crippen molar-refractivity contribution in [2.45, 2.75) is 0 Å². The highest BCUT2D eigenvalue weighted by atomic mass is 31.2. The molecule has 6 heteroatoms. The molecule has 202 valence electrons. The Balaban J connectivity index is 1.79. The fourth-order valence-corrected chi connectivity index (χ4v) is 8.34. The molecular formula is C35H27O5P. The van der Waals surface area contributed by atoms with Crippen LogP contribution in [0.5, 0.6) is 11.5 Å². The minimum Gasteiger partial charge on any atom is -0.497 e. The van der Waals surface area contributed by atoms with Crippen LogP contribution in [0.3, 0.4) is 0 Å². The minimum atomic E-state index is -3.58. The maximum atomic E-state index is 15.8. The van der Waals surface area contributed by atoms with Crippen molar-refractivity contribution < 1.29 is 23.9 Å². The molecule has 1 N–H and O–H groups in total. The molecule has 0 aliphatic rings. The Morgan fingerprint density at radius 3 is 1.54 bits per heavy atom. The fraction of sp³-hybridized carbons (Fsp3) is 0.0571. The normalized spacial score (nSPS) is 11.5. The quantitative estimate of drug-likeness (QED) is 0.213. The van der Waals surface area contributed by atoms with Gasteiger partial charge in [-0.3, -0.25) is 0 Å². The van der Waals surface area contributed by atoms with Crippen LogP contribution >= 0.6 is 7.14 Å². The number of ether oxygens (including phenoxy) is 2. The first-order valence-corrected chi connectivity index (χ1v) is 14.8. The fourth-order valence-electron chi connectivity index (χ4n) is 5.52. The second kappa shape index (κ2) is 10.6. The van der Waals surface area contributed by atoms with E-state index in [1.54, 1.807) is 44.6 Å². The molecule has 0 saturated heterocycles. The lowest BCUT2D eigenvalue weighted by Crippen LogP contribution is -2.27. The van der Waals surface area contributed by atoms with Crippen LogP contribution in [0, 0.1) is 0 Å². The van der Waals surface area contributed by atoms with Crippen molar-refractivity contribution in [1.82, 2.24) is 0 Å². The van der Waals surface area contributed by atoms with E-state index in [0.717, 1.165) is 21.5 Å². The van der Waals surface area contributed by atoms with Crippen molar-refractivity contribution in [3.63, 3.8) is 0 Å². The first kappa shape index (κ1) is 26.4. The summed E-state index contributed by atoms with van der Waals surface area (Å²) in [4.78, 5) is 12.7. The van der Waals surface area contributed by atoms with E-state index in [2.05, 4.69) is 0 Å². The molecule has 41 heavy (non-hydrogen) atoms. The smallest absolute Gasteiger partial charge is 0.336 e. The number of hydrogen-bond donors (Lipinski definition) is 1. The Kier molecular flexibility index (Phi) is 6.82. The molecule has 0 spiro atoms. The number of methoxy groups -OCH3 is 2. The predicted molar refractivity (Wildman–Crippen MR) is 166 cm³/mol. The summed E-state index contributed by atoms with van der Waals surface area (Å²) in [5.41, 5.74) is 1.34. The number of hydrogen-bond acceptors (Lipinski definition) is 4. The largest absolute Gasteiger partial charge is 0.497 e. The van der Waals surface area contributed by atoms with Crippen molar-refractivity contribution in [2.24, 2.45) is 0 Å². The maximum absolute atomic E-state index is 15.8. The van der Waals surface area contributed by atoms with Gasteiger partial charge in [-0.2, -0.15) is 0 Å². The lowest BCUT2D eigenvalue weighted by molar-refractivity contribution is 0.0698. The van der Waals surface area contributed by atoms with Crippen molar-refractivity contribution in [3.05, 3.63) is 127 Å². The molecule has 6 rings (SSSR count). The van der Waals surface area contributed by atoms with Crippen LogP contribution in [-0.4, -0.2) is 25.3 Å². The molecule has 0 unspecified atom stereocenters. The Morgan fingerprint density at radius 2 is 1.05 bits per heavy atom. The van der Waals surface area contributed by atoms with Gasteiger partial charge in [0.15, 0.2) is 7.14 Å². The molecule has 0 aliphatic carbocycles. The molecule has 0 radical (unpaired) electrons. The third kappa shape index (κ3) is 4.45. The topological polar surface area (TPSA) is 72.8 Å². The standard InChI is InChI=1S/C35H27O5P/c1-39-25-13-17-27(18-14-25)41(38,28-19-15-26(40-2)16-20-28)32-22-12-24-8-4-6-10-30(24)34(32)33-29-9-5-3-7-23(29)11-21-31(33)35(36)37/h3-22H,1-2H3,(H,36,37). The summed E-state index contributed by atoms with van der Waals surface area (Å²) in [6, 6.07) is 37.3. The number of carbonyl (C=O) groups is 1. The summed E-state index contributed by atoms with van der Waals surface area (Å²) < 4.78 is 26.6. The van der Waals surface area contributed by atoms with Gasteiger partial charge in [0.2, 0.25) is 0 Å². The van der Waals surface area contributed by atoms with E-state index in [-0.39, 0.29) is 5.56 Å². The van der Waals surface area contributed by atoms with Gasteiger partial charge in [-0.1, -0.05) is 60.7 Å². The number of carboxylic acid groups (broad SMARTS) is 1. The van der Waals surface area contributed by atoms with Crippen LogP contribution < -0.4 is 25.4 Å². The van der Waals surface area contributed by atoms with Gasteiger partial charge in [0.25, 0.3) is 0 Å². The van der Waals surface area contributed by atoms with Crippen molar-refractivity contribution in [2.75, 3.05) is 14.2 Å². The number of aromatic carboxylic acids is 1. The lowest BCUT2D eigenvalue weighted by atomic mass is 9.90. The SMILES string of the molecule is COc1ccc(P(=O)(c2ccc(OC)cc2)c2ccc3ccccc3c2-c2c(C(=O)O)ccc3ccccc23)cc1. The van der Waals surface area contributed by atoms with E-state index in [1.165, 1.54) is 0 Å². The van der Waals surface area contributed by atoms with Crippen LogP contribution in [0.15, 0.2) is 121 Å². The molecule has 6 aromatic carbocycles. The van der Waals surface area contributed by atoms with E-state index in [4.69, 9.17) is 9.47 Å². The Hall–Kier alpha value is -4.86. The molecule has 0 heterocycles. The summed E-state index contributed by atoms with van der Waals surface area (Å²) in [7, 11) is -0.395. The van der Waals surface area contributed by atoms with Crippen LogP contribution in [-0.2, 0) is 4.57 Å². The number of carboxylic acids is 1. The molecule has 0 aromatic heterocycles. The molecule has 0 saturated carbocycles. The van der Waals surface area contributed by atoms with Crippen LogP contribution in [0.4, 0.5) is 0 Å². The first-order valence-electron chi connectivity index (χ1n) is 13.1. The van der Waals surface area contributed by atoms with Crippen molar-refractivity contribution >= 4 is 50.6 Å². The van der Waals surface area contributed by atoms with Crippen LogP contribution in [0.2, 0.25) is 0 Å². The highest BCUT2D eigenvalue weighted by Gasteiger charge is 2.35. The van der Waals surface area contributed by atoms with Gasteiger partial charge in [-0.05, 0) is 82.2 Å². The second-order valence-corrected chi connectivity index (χ2v) is 12.4. The average Bonchev–Trinajstić information content (AvgIpc) is 3.03. The van der Waals surface area contributed by atoms with E-state index in [9.17, 15) is 9.90 Å². The summed E-state index contributed by atoms with van der Waals surface area (Å²) in [6.45, 7) is 0. The zero-order valence-electron chi connectivity index (χ0n) is 22.6. The summed E-state index contributed by atoms with van der Waals surface area (Å²) >= 11 is 0.